The van der Waals surface area contributed by atoms with Gasteiger partial charge in [0.15, 0.2) is 0 Å². The molecule has 4 aromatic rings. The molecule has 1 saturated heterocycles. The van der Waals surface area contributed by atoms with E-state index in [1.165, 1.54) is 28.8 Å². The fourth-order valence-corrected chi connectivity index (χ4v) is 5.17. The number of hydrogen-bond acceptors (Lipinski definition) is 3. The predicted octanol–water partition coefficient (Wildman–Crippen LogP) is 4.80. The van der Waals surface area contributed by atoms with Crippen LogP contribution in [0.1, 0.15) is 32.6 Å². The van der Waals surface area contributed by atoms with Crippen molar-refractivity contribution < 1.29 is 13.9 Å². The van der Waals surface area contributed by atoms with Crippen molar-refractivity contribution in [2.45, 2.75) is 45.3 Å². The summed E-state index contributed by atoms with van der Waals surface area (Å²) in [6.45, 7) is 4.65. The zero-order chi connectivity index (χ0) is 23.9. The van der Waals surface area contributed by atoms with E-state index in [9.17, 15) is 9.18 Å². The summed E-state index contributed by atoms with van der Waals surface area (Å²) < 4.78 is 21.8. The lowest BCUT2D eigenvalue weighted by Crippen LogP contribution is -2.31. The second-order valence-corrected chi connectivity index (χ2v) is 9.52. The van der Waals surface area contributed by atoms with Crippen LogP contribution >= 0.6 is 0 Å². The molecule has 2 unspecified atom stereocenters. The molecule has 5 nitrogen and oxygen atoms in total. The van der Waals surface area contributed by atoms with Gasteiger partial charge in [0.05, 0.1) is 6.54 Å². The minimum Gasteiger partial charge on any atom is -0.351 e. The SMILES string of the molecule is Cc1ccccc1CNC1OC1Cn1cc2c3c(cccc31)C(=O)N(Cc1cccc(F)c1)CC2. The van der Waals surface area contributed by atoms with Crippen LogP contribution in [0.25, 0.3) is 10.9 Å². The number of aromatic nitrogens is 1. The monoisotopic (exact) mass is 469 g/mol. The quantitative estimate of drug-likeness (QED) is 0.396. The molecule has 178 valence electrons. The Morgan fingerprint density at radius 3 is 2.80 bits per heavy atom. The van der Waals surface area contributed by atoms with Gasteiger partial charge in [-0.2, -0.15) is 0 Å². The topological polar surface area (TPSA) is 49.8 Å². The number of carbonyl (C=O) groups is 1. The van der Waals surface area contributed by atoms with Crippen molar-refractivity contribution in [3.8, 4) is 0 Å². The average molecular weight is 470 g/mol. The molecule has 1 aromatic heterocycles. The molecule has 2 atom stereocenters. The molecule has 0 bridgehead atoms. The van der Waals surface area contributed by atoms with Crippen molar-refractivity contribution in [3.05, 3.63) is 107 Å². The molecule has 2 aliphatic heterocycles. The van der Waals surface area contributed by atoms with Crippen LogP contribution in [-0.2, 0) is 30.8 Å². The molecular formula is C29H28FN3O2. The third-order valence-electron chi connectivity index (χ3n) is 7.13. The number of ether oxygens (including phenoxy) is 1. The van der Waals surface area contributed by atoms with Gasteiger partial charge in [0.25, 0.3) is 5.91 Å². The molecule has 0 saturated carbocycles. The summed E-state index contributed by atoms with van der Waals surface area (Å²) in [6, 6.07) is 20.8. The zero-order valence-corrected chi connectivity index (χ0v) is 19.7. The van der Waals surface area contributed by atoms with Crippen molar-refractivity contribution in [2.75, 3.05) is 6.54 Å². The maximum atomic E-state index is 13.7. The minimum atomic E-state index is -0.279. The van der Waals surface area contributed by atoms with Crippen LogP contribution < -0.4 is 5.32 Å². The van der Waals surface area contributed by atoms with E-state index in [1.807, 2.05) is 23.1 Å². The van der Waals surface area contributed by atoms with E-state index in [4.69, 9.17) is 4.74 Å². The van der Waals surface area contributed by atoms with Crippen LogP contribution in [0.3, 0.4) is 0 Å². The highest BCUT2D eigenvalue weighted by molar-refractivity contribution is 6.08. The summed E-state index contributed by atoms with van der Waals surface area (Å²) in [5.41, 5.74) is 6.32. The van der Waals surface area contributed by atoms with Crippen molar-refractivity contribution >= 4 is 16.8 Å². The van der Waals surface area contributed by atoms with Crippen LogP contribution in [-0.4, -0.2) is 34.3 Å². The van der Waals surface area contributed by atoms with E-state index in [1.54, 1.807) is 6.07 Å². The summed E-state index contributed by atoms with van der Waals surface area (Å²) in [5, 5.41) is 4.54. The molecule has 1 amide bonds. The Morgan fingerprint density at radius 1 is 1.09 bits per heavy atom. The first-order valence-electron chi connectivity index (χ1n) is 12.1. The first-order valence-corrected chi connectivity index (χ1v) is 12.1. The number of epoxide rings is 1. The summed E-state index contributed by atoms with van der Waals surface area (Å²) >= 11 is 0. The molecule has 1 fully saturated rings. The number of benzene rings is 3. The molecule has 0 radical (unpaired) electrons. The number of hydrogen-bond donors (Lipinski definition) is 1. The molecular weight excluding hydrogens is 441 g/mol. The Morgan fingerprint density at radius 2 is 1.94 bits per heavy atom. The van der Waals surface area contributed by atoms with E-state index in [-0.39, 0.29) is 24.1 Å². The summed E-state index contributed by atoms with van der Waals surface area (Å²) in [5.74, 6) is -0.282. The Bertz CT molecular complexity index is 1410. The highest BCUT2D eigenvalue weighted by Crippen LogP contribution is 2.32. The number of carbonyl (C=O) groups excluding carboxylic acids is 1. The fourth-order valence-electron chi connectivity index (χ4n) is 5.17. The normalized spacial score (nSPS) is 19.3. The van der Waals surface area contributed by atoms with Crippen LogP contribution in [0.15, 0.2) is 72.9 Å². The molecule has 6 rings (SSSR count). The third kappa shape index (κ3) is 4.35. The highest BCUT2D eigenvalue weighted by atomic mass is 19.1. The maximum absolute atomic E-state index is 13.7. The molecule has 2 aliphatic rings. The smallest absolute Gasteiger partial charge is 0.254 e. The summed E-state index contributed by atoms with van der Waals surface area (Å²) in [4.78, 5) is 15.3. The Kier molecular flexibility index (Phi) is 5.63. The average Bonchev–Trinajstić information content (AvgIpc) is 3.53. The second-order valence-electron chi connectivity index (χ2n) is 9.52. The van der Waals surface area contributed by atoms with Crippen LogP contribution in [0.2, 0.25) is 0 Å². The van der Waals surface area contributed by atoms with Crippen molar-refractivity contribution in [2.24, 2.45) is 0 Å². The highest BCUT2D eigenvalue weighted by Gasteiger charge is 2.39. The molecule has 35 heavy (non-hydrogen) atoms. The van der Waals surface area contributed by atoms with Crippen LogP contribution in [0.4, 0.5) is 4.39 Å². The molecule has 3 heterocycles. The molecule has 6 heteroatoms. The number of rotatable bonds is 7. The first kappa shape index (κ1) is 22.0. The van der Waals surface area contributed by atoms with E-state index in [2.05, 4.69) is 53.3 Å². The number of halogens is 1. The first-order chi connectivity index (χ1) is 17.1. The Hall–Kier alpha value is -3.48. The van der Waals surface area contributed by atoms with Crippen molar-refractivity contribution in [3.63, 3.8) is 0 Å². The maximum Gasteiger partial charge on any atom is 0.254 e. The fraction of sp³-hybridized carbons (Fsp3) is 0.276. The van der Waals surface area contributed by atoms with Crippen molar-refractivity contribution in [1.29, 1.82) is 0 Å². The second kappa shape index (κ2) is 8.95. The van der Waals surface area contributed by atoms with E-state index < -0.39 is 0 Å². The van der Waals surface area contributed by atoms with Gasteiger partial charge >= 0.3 is 0 Å². The predicted molar refractivity (Wildman–Crippen MR) is 133 cm³/mol. The van der Waals surface area contributed by atoms with Crippen LogP contribution in [0, 0.1) is 12.7 Å². The van der Waals surface area contributed by atoms with Gasteiger partial charge in [0.2, 0.25) is 0 Å². The number of nitrogens with one attached hydrogen (secondary N) is 1. The zero-order valence-electron chi connectivity index (χ0n) is 19.7. The molecule has 0 aliphatic carbocycles. The van der Waals surface area contributed by atoms with Gasteiger partial charge in [-0.3, -0.25) is 10.1 Å². The third-order valence-corrected chi connectivity index (χ3v) is 7.13. The lowest BCUT2D eigenvalue weighted by molar-refractivity contribution is 0.0750. The number of nitrogens with zero attached hydrogens (tertiary/aromatic N) is 2. The van der Waals surface area contributed by atoms with Gasteiger partial charge in [0.1, 0.15) is 18.1 Å². The molecule has 0 spiro atoms. The summed E-state index contributed by atoms with van der Waals surface area (Å²) in [6.07, 6.45) is 3.08. The summed E-state index contributed by atoms with van der Waals surface area (Å²) in [7, 11) is 0. The van der Waals surface area contributed by atoms with E-state index >= 15 is 0 Å². The van der Waals surface area contributed by atoms with Crippen LogP contribution in [0.5, 0.6) is 0 Å². The number of aryl methyl sites for hydroxylation is 1. The largest absolute Gasteiger partial charge is 0.351 e. The van der Waals surface area contributed by atoms with Gasteiger partial charge in [-0.05, 0) is 59.9 Å². The molecule has 1 N–H and O–H groups in total. The van der Waals surface area contributed by atoms with Gasteiger partial charge in [-0.25, -0.2) is 4.39 Å². The van der Waals surface area contributed by atoms with E-state index in [0.29, 0.717) is 13.1 Å². The Balaban J connectivity index is 1.18. The molecule has 3 aromatic carbocycles. The lowest BCUT2D eigenvalue weighted by atomic mass is 10.1. The van der Waals surface area contributed by atoms with E-state index in [0.717, 1.165) is 41.5 Å². The van der Waals surface area contributed by atoms with Gasteiger partial charge in [-0.1, -0.05) is 42.5 Å². The standard InChI is InChI=1S/C29H28FN3O2/c1-19-6-2-3-8-21(19)15-31-28-26(35-28)18-33-17-22-12-13-32(16-20-7-4-9-23(30)14-20)29(34)24-10-5-11-25(33)27(22)24/h2-11,14,17,26,28,31H,12-13,15-16,18H2,1H3. The van der Waals surface area contributed by atoms with Crippen molar-refractivity contribution in [1.82, 2.24) is 14.8 Å². The van der Waals surface area contributed by atoms with Gasteiger partial charge in [0, 0.05) is 42.3 Å². The van der Waals surface area contributed by atoms with Gasteiger partial charge in [-0.15, -0.1) is 0 Å². The lowest BCUT2D eigenvalue weighted by Gasteiger charge is -2.21. The number of amides is 1. The minimum absolute atomic E-state index is 0.00296. The van der Waals surface area contributed by atoms with Gasteiger partial charge < -0.3 is 14.2 Å². The Labute approximate surface area is 204 Å².